The van der Waals surface area contributed by atoms with Gasteiger partial charge in [0.25, 0.3) is 0 Å². The quantitative estimate of drug-likeness (QED) is 0.859. The van der Waals surface area contributed by atoms with Crippen LogP contribution in [0.3, 0.4) is 0 Å². The summed E-state index contributed by atoms with van der Waals surface area (Å²) < 4.78 is 0. The summed E-state index contributed by atoms with van der Waals surface area (Å²) in [5, 5.41) is 8.92. The molecule has 0 saturated heterocycles. The summed E-state index contributed by atoms with van der Waals surface area (Å²) in [4.78, 5) is 14.8. The molecule has 18 heavy (non-hydrogen) atoms. The Morgan fingerprint density at radius 3 is 2.50 bits per heavy atom. The van der Waals surface area contributed by atoms with Crippen LogP contribution in [0.15, 0.2) is 42.7 Å². The van der Waals surface area contributed by atoms with Crippen LogP contribution in [-0.4, -0.2) is 22.6 Å². The minimum atomic E-state index is -0.968. The molecule has 1 aromatic heterocycles. The van der Waals surface area contributed by atoms with E-state index in [9.17, 15) is 4.79 Å². The second-order valence-electron chi connectivity index (χ2n) is 4.00. The Kier molecular flexibility index (Phi) is 3.69. The standard InChI is InChI=1S/C14H14N2O2/c15-6-5-10-1-3-11(4-2-10)12-7-13(14(17)18)9-16-8-12/h1-4,7-9H,5-6,15H2,(H,17,18). The minimum Gasteiger partial charge on any atom is -0.478 e. The van der Waals surface area contributed by atoms with Crippen LogP contribution in [0, 0.1) is 0 Å². The first kappa shape index (κ1) is 12.3. The number of carbonyl (C=O) groups is 1. The Hall–Kier alpha value is -2.20. The normalized spacial score (nSPS) is 10.3. The van der Waals surface area contributed by atoms with E-state index >= 15 is 0 Å². The summed E-state index contributed by atoms with van der Waals surface area (Å²) in [7, 11) is 0. The summed E-state index contributed by atoms with van der Waals surface area (Å²) in [5.41, 5.74) is 8.60. The van der Waals surface area contributed by atoms with Crippen molar-refractivity contribution >= 4 is 5.97 Å². The molecular formula is C14H14N2O2. The fourth-order valence-electron chi connectivity index (χ4n) is 1.75. The second-order valence-corrected chi connectivity index (χ2v) is 4.00. The highest BCUT2D eigenvalue weighted by Crippen LogP contribution is 2.20. The van der Waals surface area contributed by atoms with Crippen LogP contribution in [-0.2, 0) is 6.42 Å². The lowest BCUT2D eigenvalue weighted by Crippen LogP contribution is -2.02. The van der Waals surface area contributed by atoms with Crippen molar-refractivity contribution in [2.45, 2.75) is 6.42 Å². The van der Waals surface area contributed by atoms with E-state index < -0.39 is 5.97 Å². The molecule has 0 unspecified atom stereocenters. The van der Waals surface area contributed by atoms with Crippen molar-refractivity contribution in [3.8, 4) is 11.1 Å². The van der Waals surface area contributed by atoms with E-state index in [2.05, 4.69) is 4.98 Å². The van der Waals surface area contributed by atoms with E-state index in [0.29, 0.717) is 6.54 Å². The number of hydrogen-bond acceptors (Lipinski definition) is 3. The van der Waals surface area contributed by atoms with Gasteiger partial charge >= 0.3 is 5.97 Å². The average molecular weight is 242 g/mol. The van der Waals surface area contributed by atoms with E-state index in [-0.39, 0.29) is 5.56 Å². The number of pyridine rings is 1. The number of aromatic carboxylic acids is 1. The van der Waals surface area contributed by atoms with Gasteiger partial charge in [0.2, 0.25) is 0 Å². The summed E-state index contributed by atoms with van der Waals surface area (Å²) in [6.45, 7) is 0.620. The molecule has 0 fully saturated rings. The van der Waals surface area contributed by atoms with E-state index in [1.54, 1.807) is 12.3 Å². The zero-order valence-corrected chi connectivity index (χ0v) is 9.84. The van der Waals surface area contributed by atoms with Gasteiger partial charge in [0, 0.05) is 18.0 Å². The Balaban J connectivity index is 2.30. The van der Waals surface area contributed by atoms with Crippen LogP contribution in [0.2, 0.25) is 0 Å². The third-order valence-corrected chi connectivity index (χ3v) is 2.71. The van der Waals surface area contributed by atoms with Gasteiger partial charge in [0.1, 0.15) is 0 Å². The van der Waals surface area contributed by atoms with E-state index in [4.69, 9.17) is 10.8 Å². The van der Waals surface area contributed by atoms with Gasteiger partial charge in [-0.2, -0.15) is 0 Å². The number of carboxylic acids is 1. The maximum Gasteiger partial charge on any atom is 0.337 e. The Labute approximate surface area is 105 Å². The highest BCUT2D eigenvalue weighted by molar-refractivity contribution is 5.88. The lowest BCUT2D eigenvalue weighted by molar-refractivity contribution is 0.0696. The fourth-order valence-corrected chi connectivity index (χ4v) is 1.75. The molecule has 0 aliphatic rings. The molecule has 0 amide bonds. The largest absolute Gasteiger partial charge is 0.478 e. The highest BCUT2D eigenvalue weighted by atomic mass is 16.4. The molecule has 0 aliphatic carbocycles. The van der Waals surface area contributed by atoms with Crippen molar-refractivity contribution in [3.05, 3.63) is 53.9 Å². The highest BCUT2D eigenvalue weighted by Gasteiger charge is 2.05. The average Bonchev–Trinajstić information content (AvgIpc) is 2.40. The van der Waals surface area contributed by atoms with Crippen molar-refractivity contribution in [3.63, 3.8) is 0 Å². The molecule has 4 nitrogen and oxygen atoms in total. The number of nitrogens with two attached hydrogens (primary N) is 1. The van der Waals surface area contributed by atoms with E-state index in [1.807, 2.05) is 24.3 Å². The molecule has 3 N–H and O–H groups in total. The number of benzene rings is 1. The SMILES string of the molecule is NCCc1ccc(-c2cncc(C(=O)O)c2)cc1. The van der Waals surface area contributed by atoms with Crippen LogP contribution in [0.25, 0.3) is 11.1 Å². The van der Waals surface area contributed by atoms with Gasteiger partial charge in [0.05, 0.1) is 5.56 Å². The van der Waals surface area contributed by atoms with Gasteiger partial charge in [-0.3, -0.25) is 4.98 Å². The molecule has 0 bridgehead atoms. The third-order valence-electron chi connectivity index (χ3n) is 2.71. The van der Waals surface area contributed by atoms with Crippen LogP contribution in [0.4, 0.5) is 0 Å². The lowest BCUT2D eigenvalue weighted by Gasteiger charge is -2.04. The number of rotatable bonds is 4. The van der Waals surface area contributed by atoms with Gasteiger partial charge in [0.15, 0.2) is 0 Å². The predicted molar refractivity (Wildman–Crippen MR) is 69.4 cm³/mol. The molecule has 1 heterocycles. The Morgan fingerprint density at radius 2 is 1.89 bits per heavy atom. The van der Waals surface area contributed by atoms with Gasteiger partial charge in [-0.15, -0.1) is 0 Å². The summed E-state index contributed by atoms with van der Waals surface area (Å²) >= 11 is 0. The van der Waals surface area contributed by atoms with E-state index in [0.717, 1.165) is 17.5 Å². The monoisotopic (exact) mass is 242 g/mol. The molecule has 2 aromatic rings. The molecule has 0 aliphatic heterocycles. The van der Waals surface area contributed by atoms with Gasteiger partial charge < -0.3 is 10.8 Å². The van der Waals surface area contributed by atoms with E-state index in [1.165, 1.54) is 11.8 Å². The third kappa shape index (κ3) is 2.73. The topological polar surface area (TPSA) is 76.2 Å². The lowest BCUT2D eigenvalue weighted by atomic mass is 10.0. The first-order valence-corrected chi connectivity index (χ1v) is 5.68. The number of hydrogen-bond donors (Lipinski definition) is 2. The minimum absolute atomic E-state index is 0.193. The van der Waals surface area contributed by atoms with Gasteiger partial charge in [-0.25, -0.2) is 4.79 Å². The van der Waals surface area contributed by atoms with Gasteiger partial charge in [-0.05, 0) is 30.2 Å². The first-order chi connectivity index (χ1) is 8.70. The summed E-state index contributed by atoms with van der Waals surface area (Å²) in [6.07, 6.45) is 3.84. The fraction of sp³-hybridized carbons (Fsp3) is 0.143. The molecule has 0 spiro atoms. The molecule has 0 saturated carbocycles. The molecular weight excluding hydrogens is 228 g/mol. The molecule has 1 aromatic carbocycles. The van der Waals surface area contributed by atoms with Crippen molar-refractivity contribution in [1.29, 1.82) is 0 Å². The Morgan fingerprint density at radius 1 is 1.17 bits per heavy atom. The molecule has 4 heteroatoms. The maximum absolute atomic E-state index is 10.9. The van der Waals surface area contributed by atoms with Crippen LogP contribution >= 0.6 is 0 Å². The van der Waals surface area contributed by atoms with Crippen molar-refractivity contribution < 1.29 is 9.90 Å². The van der Waals surface area contributed by atoms with Crippen molar-refractivity contribution in [2.24, 2.45) is 5.73 Å². The van der Waals surface area contributed by atoms with Crippen molar-refractivity contribution in [2.75, 3.05) is 6.54 Å². The van der Waals surface area contributed by atoms with Crippen molar-refractivity contribution in [1.82, 2.24) is 4.98 Å². The molecule has 0 atom stereocenters. The predicted octanol–water partition coefficient (Wildman–Crippen LogP) is 1.95. The molecule has 2 rings (SSSR count). The van der Waals surface area contributed by atoms with Crippen LogP contribution in [0.5, 0.6) is 0 Å². The summed E-state index contributed by atoms with van der Waals surface area (Å²) in [5.74, 6) is -0.968. The van der Waals surface area contributed by atoms with Crippen LogP contribution < -0.4 is 5.73 Å². The first-order valence-electron chi connectivity index (χ1n) is 5.68. The smallest absolute Gasteiger partial charge is 0.337 e. The number of aromatic nitrogens is 1. The zero-order chi connectivity index (χ0) is 13.0. The number of carboxylic acid groups (broad SMARTS) is 1. The summed E-state index contributed by atoms with van der Waals surface area (Å²) in [6, 6.07) is 9.51. The number of nitrogens with zero attached hydrogens (tertiary/aromatic N) is 1. The second kappa shape index (κ2) is 5.42. The maximum atomic E-state index is 10.9. The molecule has 92 valence electrons. The zero-order valence-electron chi connectivity index (χ0n) is 9.84. The Bertz CT molecular complexity index is 550. The van der Waals surface area contributed by atoms with Gasteiger partial charge in [-0.1, -0.05) is 24.3 Å². The van der Waals surface area contributed by atoms with Crippen LogP contribution in [0.1, 0.15) is 15.9 Å². The molecule has 0 radical (unpaired) electrons.